The van der Waals surface area contributed by atoms with Crippen LogP contribution in [-0.4, -0.2) is 4.57 Å². The van der Waals surface area contributed by atoms with E-state index in [1.165, 1.54) is 23.0 Å². The lowest BCUT2D eigenvalue weighted by Crippen LogP contribution is -2.38. The third-order valence-electron chi connectivity index (χ3n) is 7.36. The summed E-state index contributed by atoms with van der Waals surface area (Å²) in [6.45, 7) is 0. The van der Waals surface area contributed by atoms with Crippen LogP contribution in [0.3, 0.4) is 0 Å². The molecule has 0 radical (unpaired) electrons. The first-order chi connectivity index (χ1) is 19.4. The van der Waals surface area contributed by atoms with Gasteiger partial charge < -0.3 is 4.42 Å². The molecule has 3 heterocycles. The molecule has 1 aliphatic carbocycles. The number of aryl methyl sites for hydroxylation is 1. The molecular formula is C32H21F3N2O2S. The van der Waals surface area contributed by atoms with Gasteiger partial charge in [-0.05, 0) is 53.8 Å². The summed E-state index contributed by atoms with van der Waals surface area (Å²) in [5.74, 6) is 0.669. The van der Waals surface area contributed by atoms with E-state index in [1.54, 1.807) is 28.8 Å². The minimum Gasteiger partial charge on any atom is -0.457 e. The predicted molar refractivity (Wildman–Crippen MR) is 148 cm³/mol. The molecule has 0 amide bonds. The molecule has 0 saturated carbocycles. The van der Waals surface area contributed by atoms with Crippen molar-refractivity contribution >= 4 is 23.1 Å². The number of allylic oxidation sites excluding steroid dienone is 1. The SMILES string of the molecule is O=c1/c(=C\c2ccc(-c3cccc(C(F)(F)F)c3)o2)sc2n1C(c1ccccc1)C1=C(N=2)c2ccccc2CC1. The van der Waals surface area contributed by atoms with Gasteiger partial charge >= 0.3 is 6.18 Å². The first kappa shape index (κ1) is 24.6. The zero-order valence-corrected chi connectivity index (χ0v) is 21.8. The quantitative estimate of drug-likeness (QED) is 0.252. The van der Waals surface area contributed by atoms with E-state index in [1.807, 2.05) is 42.5 Å². The molecule has 1 unspecified atom stereocenters. The third-order valence-corrected chi connectivity index (χ3v) is 8.35. The lowest BCUT2D eigenvalue weighted by Gasteiger charge is -2.30. The number of hydrogen-bond acceptors (Lipinski definition) is 4. The van der Waals surface area contributed by atoms with Gasteiger partial charge in [-0.25, -0.2) is 4.99 Å². The topological polar surface area (TPSA) is 47.5 Å². The van der Waals surface area contributed by atoms with Crippen molar-refractivity contribution in [1.29, 1.82) is 0 Å². The van der Waals surface area contributed by atoms with Crippen molar-refractivity contribution in [3.05, 3.63) is 144 Å². The number of rotatable bonds is 3. The van der Waals surface area contributed by atoms with E-state index in [9.17, 15) is 18.0 Å². The van der Waals surface area contributed by atoms with Crippen LogP contribution in [0.15, 0.2) is 111 Å². The number of hydrogen-bond donors (Lipinski definition) is 0. The molecule has 0 spiro atoms. The molecule has 4 nitrogen and oxygen atoms in total. The number of nitrogens with zero attached hydrogens (tertiary/aromatic N) is 2. The fourth-order valence-electron chi connectivity index (χ4n) is 5.52. The van der Waals surface area contributed by atoms with Crippen LogP contribution in [0.5, 0.6) is 0 Å². The average molecular weight is 555 g/mol. The standard InChI is InChI=1S/C32H21F3N2O2S/c33-32(34,35)22-11-6-10-21(17-22)26-16-14-23(39-26)18-27-30(38)37-29(20-8-2-1-3-9-20)25-15-13-19-7-4-5-12-24(19)28(25)36-31(37)40-27/h1-12,14,16-18,29H,13,15H2/b27-18+. The second-order valence-electron chi connectivity index (χ2n) is 9.80. The Labute approximate surface area is 230 Å². The molecule has 1 atom stereocenters. The molecular weight excluding hydrogens is 533 g/mol. The Bertz CT molecular complexity index is 1980. The fraction of sp³-hybridized carbons (Fsp3) is 0.125. The van der Waals surface area contributed by atoms with Gasteiger partial charge in [0, 0.05) is 17.2 Å². The summed E-state index contributed by atoms with van der Waals surface area (Å²) < 4.78 is 47.7. The van der Waals surface area contributed by atoms with Crippen LogP contribution >= 0.6 is 11.3 Å². The molecule has 198 valence electrons. The number of furan rings is 1. The van der Waals surface area contributed by atoms with Crippen LogP contribution < -0.4 is 14.9 Å². The van der Waals surface area contributed by atoms with Gasteiger partial charge in [-0.3, -0.25) is 9.36 Å². The van der Waals surface area contributed by atoms with Crippen LogP contribution in [0.2, 0.25) is 0 Å². The molecule has 0 bridgehead atoms. The molecule has 3 aromatic carbocycles. The zero-order chi connectivity index (χ0) is 27.4. The molecule has 1 aliphatic heterocycles. The summed E-state index contributed by atoms with van der Waals surface area (Å²) in [4.78, 5) is 19.4. The Morgan fingerprint density at radius 2 is 1.73 bits per heavy atom. The maximum absolute atomic E-state index is 13.8. The molecule has 5 aromatic rings. The molecule has 2 aromatic heterocycles. The van der Waals surface area contributed by atoms with E-state index in [2.05, 4.69) is 12.1 Å². The Kier molecular flexibility index (Phi) is 5.75. The highest BCUT2D eigenvalue weighted by Gasteiger charge is 2.33. The summed E-state index contributed by atoms with van der Waals surface area (Å²) in [6.07, 6.45) is -1.13. The second kappa shape index (κ2) is 9.34. The zero-order valence-electron chi connectivity index (χ0n) is 21.0. The lowest BCUT2D eigenvalue weighted by atomic mass is 9.83. The molecule has 0 N–H and O–H groups in total. The molecule has 2 aliphatic rings. The second-order valence-corrected chi connectivity index (χ2v) is 10.8. The monoisotopic (exact) mass is 554 g/mol. The first-order valence-corrected chi connectivity index (χ1v) is 13.6. The van der Waals surface area contributed by atoms with Gasteiger partial charge in [-0.15, -0.1) is 0 Å². The number of aromatic nitrogens is 1. The van der Waals surface area contributed by atoms with E-state index in [-0.39, 0.29) is 11.6 Å². The average Bonchev–Trinajstić information content (AvgIpc) is 3.56. The fourth-order valence-corrected chi connectivity index (χ4v) is 6.50. The third kappa shape index (κ3) is 4.16. The maximum Gasteiger partial charge on any atom is 0.416 e. The highest BCUT2D eigenvalue weighted by atomic mass is 32.1. The number of benzene rings is 3. The Hall–Kier alpha value is -4.43. The number of thiazole rings is 1. The molecule has 0 saturated heterocycles. The Morgan fingerprint density at radius 1 is 0.925 bits per heavy atom. The molecule has 0 fully saturated rings. The van der Waals surface area contributed by atoms with Gasteiger partial charge in [0.2, 0.25) is 0 Å². The van der Waals surface area contributed by atoms with Crippen molar-refractivity contribution in [3.8, 4) is 11.3 Å². The Morgan fingerprint density at radius 3 is 2.55 bits per heavy atom. The van der Waals surface area contributed by atoms with E-state index in [0.717, 1.165) is 47.4 Å². The highest BCUT2D eigenvalue weighted by molar-refractivity contribution is 7.07. The Balaban J connectivity index is 1.36. The minimum absolute atomic E-state index is 0.181. The smallest absolute Gasteiger partial charge is 0.416 e. The van der Waals surface area contributed by atoms with Crippen LogP contribution in [0.1, 0.15) is 40.5 Å². The van der Waals surface area contributed by atoms with Crippen LogP contribution in [0.4, 0.5) is 13.2 Å². The van der Waals surface area contributed by atoms with Crippen molar-refractivity contribution in [2.75, 3.05) is 0 Å². The maximum atomic E-state index is 13.8. The number of halogens is 3. The van der Waals surface area contributed by atoms with E-state index in [4.69, 9.17) is 9.41 Å². The summed E-state index contributed by atoms with van der Waals surface area (Å²) in [6, 6.07) is 26.2. The summed E-state index contributed by atoms with van der Waals surface area (Å²) in [5.41, 5.74) is 4.78. The van der Waals surface area contributed by atoms with E-state index >= 15 is 0 Å². The number of fused-ring (bicyclic) bond motifs is 3. The van der Waals surface area contributed by atoms with Crippen molar-refractivity contribution in [1.82, 2.24) is 4.57 Å². The minimum atomic E-state index is -4.45. The molecule has 8 heteroatoms. The predicted octanol–water partition coefficient (Wildman–Crippen LogP) is 6.60. The largest absolute Gasteiger partial charge is 0.457 e. The van der Waals surface area contributed by atoms with Gasteiger partial charge in [-0.1, -0.05) is 78.1 Å². The highest BCUT2D eigenvalue weighted by Crippen LogP contribution is 2.41. The van der Waals surface area contributed by atoms with E-state index < -0.39 is 11.7 Å². The first-order valence-electron chi connectivity index (χ1n) is 12.8. The van der Waals surface area contributed by atoms with Crippen LogP contribution in [0, 0.1) is 0 Å². The van der Waals surface area contributed by atoms with Crippen LogP contribution in [-0.2, 0) is 12.6 Å². The van der Waals surface area contributed by atoms with Gasteiger partial charge in [0.05, 0.1) is 21.8 Å². The van der Waals surface area contributed by atoms with Gasteiger partial charge in [-0.2, -0.15) is 13.2 Å². The summed E-state index contributed by atoms with van der Waals surface area (Å²) in [5, 5.41) is 0. The van der Waals surface area contributed by atoms with Gasteiger partial charge in [0.15, 0.2) is 4.80 Å². The van der Waals surface area contributed by atoms with Crippen molar-refractivity contribution in [3.63, 3.8) is 0 Å². The summed E-state index contributed by atoms with van der Waals surface area (Å²) >= 11 is 1.28. The summed E-state index contributed by atoms with van der Waals surface area (Å²) in [7, 11) is 0. The van der Waals surface area contributed by atoms with Crippen molar-refractivity contribution in [2.45, 2.75) is 25.1 Å². The van der Waals surface area contributed by atoms with Crippen LogP contribution in [0.25, 0.3) is 23.1 Å². The molecule has 40 heavy (non-hydrogen) atoms. The van der Waals surface area contributed by atoms with E-state index in [0.29, 0.717) is 26.4 Å². The van der Waals surface area contributed by atoms with Crippen molar-refractivity contribution in [2.24, 2.45) is 4.99 Å². The van der Waals surface area contributed by atoms with Gasteiger partial charge in [0.25, 0.3) is 5.56 Å². The normalized spacial score (nSPS) is 16.8. The number of alkyl halides is 3. The molecule has 7 rings (SSSR count). The lowest BCUT2D eigenvalue weighted by molar-refractivity contribution is -0.137. The van der Waals surface area contributed by atoms with Gasteiger partial charge in [0.1, 0.15) is 11.5 Å². The van der Waals surface area contributed by atoms with Crippen molar-refractivity contribution < 1.29 is 17.6 Å².